The van der Waals surface area contributed by atoms with Crippen LogP contribution in [0.15, 0.2) is 39.9 Å². The lowest BCUT2D eigenvalue weighted by atomic mass is 10.1. The Morgan fingerprint density at radius 1 is 1.17 bits per heavy atom. The number of benzene rings is 1. The molecule has 3 N–H and O–H groups in total. The fourth-order valence-corrected chi connectivity index (χ4v) is 1.96. The van der Waals surface area contributed by atoms with Crippen molar-refractivity contribution < 1.29 is 14.3 Å². The Morgan fingerprint density at radius 2 is 1.91 bits per heavy atom. The number of rotatable bonds is 5. The molecular formula is C15H15N3O5. The van der Waals surface area contributed by atoms with Crippen LogP contribution in [0, 0.1) is 0 Å². The van der Waals surface area contributed by atoms with E-state index in [-0.39, 0.29) is 24.3 Å². The van der Waals surface area contributed by atoms with E-state index in [9.17, 15) is 19.2 Å². The summed E-state index contributed by atoms with van der Waals surface area (Å²) in [6, 6.07) is 7.52. The molecule has 0 aliphatic heterocycles. The first-order chi connectivity index (χ1) is 11.0. The van der Waals surface area contributed by atoms with Crippen LogP contribution in [0.3, 0.4) is 0 Å². The predicted octanol–water partition coefficient (Wildman–Crippen LogP) is 0.421. The maximum Gasteiger partial charge on any atom is 0.340 e. The lowest BCUT2D eigenvalue weighted by Gasteiger charge is -2.10. The minimum absolute atomic E-state index is 0.171. The normalized spacial score (nSPS) is 10.1. The quantitative estimate of drug-likeness (QED) is 0.690. The van der Waals surface area contributed by atoms with E-state index in [1.165, 1.54) is 6.07 Å². The summed E-state index contributed by atoms with van der Waals surface area (Å²) in [7, 11) is 0. The lowest BCUT2D eigenvalue weighted by molar-refractivity contribution is -0.115. The third-order valence-electron chi connectivity index (χ3n) is 2.86. The molecule has 120 valence electrons. The van der Waals surface area contributed by atoms with Gasteiger partial charge in [-0.1, -0.05) is 12.1 Å². The van der Waals surface area contributed by atoms with Crippen LogP contribution in [0.1, 0.15) is 23.0 Å². The second-order valence-corrected chi connectivity index (χ2v) is 4.60. The predicted molar refractivity (Wildman–Crippen MR) is 82.4 cm³/mol. The highest BCUT2D eigenvalue weighted by atomic mass is 16.5. The van der Waals surface area contributed by atoms with Crippen LogP contribution >= 0.6 is 0 Å². The van der Waals surface area contributed by atoms with Gasteiger partial charge in [-0.2, -0.15) is 0 Å². The van der Waals surface area contributed by atoms with Crippen molar-refractivity contribution in [3.8, 4) is 0 Å². The molecule has 23 heavy (non-hydrogen) atoms. The highest BCUT2D eigenvalue weighted by molar-refractivity contribution is 6.01. The molecule has 0 saturated carbocycles. The molecule has 0 atom stereocenters. The Labute approximate surface area is 130 Å². The summed E-state index contributed by atoms with van der Waals surface area (Å²) in [4.78, 5) is 50.6. The van der Waals surface area contributed by atoms with E-state index in [2.05, 4.69) is 10.3 Å². The molecule has 0 radical (unpaired) electrons. The molecule has 8 nitrogen and oxygen atoms in total. The first-order valence-electron chi connectivity index (χ1n) is 6.88. The topological polar surface area (TPSA) is 121 Å². The van der Waals surface area contributed by atoms with Crippen molar-refractivity contribution in [3.63, 3.8) is 0 Å². The van der Waals surface area contributed by atoms with Gasteiger partial charge in [0, 0.05) is 11.8 Å². The summed E-state index contributed by atoms with van der Waals surface area (Å²) in [6.07, 6.45) is -0.212. The Hall–Kier alpha value is -3.16. The van der Waals surface area contributed by atoms with E-state index < -0.39 is 23.1 Å². The van der Waals surface area contributed by atoms with E-state index in [0.29, 0.717) is 5.69 Å². The number of hydrogen-bond donors (Lipinski definition) is 3. The van der Waals surface area contributed by atoms with E-state index in [1.54, 1.807) is 25.1 Å². The molecule has 1 heterocycles. The van der Waals surface area contributed by atoms with Crippen molar-refractivity contribution in [2.45, 2.75) is 13.3 Å². The number of aromatic nitrogens is 2. The van der Waals surface area contributed by atoms with E-state index in [4.69, 9.17) is 4.74 Å². The highest BCUT2D eigenvalue weighted by Gasteiger charge is 2.14. The fourth-order valence-electron chi connectivity index (χ4n) is 1.96. The zero-order valence-electron chi connectivity index (χ0n) is 12.3. The van der Waals surface area contributed by atoms with Gasteiger partial charge in [0.2, 0.25) is 5.91 Å². The van der Waals surface area contributed by atoms with Gasteiger partial charge in [0.1, 0.15) is 0 Å². The number of esters is 1. The summed E-state index contributed by atoms with van der Waals surface area (Å²) in [5.74, 6) is -1.03. The van der Waals surface area contributed by atoms with Gasteiger partial charge in [0.15, 0.2) is 0 Å². The zero-order valence-corrected chi connectivity index (χ0v) is 12.3. The van der Waals surface area contributed by atoms with E-state index in [1.807, 2.05) is 4.98 Å². The second kappa shape index (κ2) is 7.21. The molecule has 1 aromatic heterocycles. The van der Waals surface area contributed by atoms with Gasteiger partial charge in [-0.25, -0.2) is 9.59 Å². The molecular weight excluding hydrogens is 302 g/mol. The Morgan fingerprint density at radius 3 is 2.61 bits per heavy atom. The SMILES string of the molecule is CCOC(=O)c1ccccc1NC(=O)Cc1cc(=O)[nH]c(=O)[nH]1. The first-order valence-corrected chi connectivity index (χ1v) is 6.88. The largest absolute Gasteiger partial charge is 0.462 e. The number of para-hydroxylation sites is 1. The molecule has 2 rings (SSSR count). The minimum Gasteiger partial charge on any atom is -0.462 e. The van der Waals surface area contributed by atoms with Crippen molar-refractivity contribution in [2.24, 2.45) is 0 Å². The van der Waals surface area contributed by atoms with E-state index in [0.717, 1.165) is 6.07 Å². The molecule has 0 aliphatic rings. The van der Waals surface area contributed by atoms with Gasteiger partial charge < -0.3 is 15.0 Å². The van der Waals surface area contributed by atoms with Gasteiger partial charge in [0.25, 0.3) is 5.56 Å². The van der Waals surface area contributed by atoms with Gasteiger partial charge in [-0.3, -0.25) is 14.6 Å². The van der Waals surface area contributed by atoms with Crippen molar-refractivity contribution in [2.75, 3.05) is 11.9 Å². The molecule has 2 aromatic rings. The number of amides is 1. The highest BCUT2D eigenvalue weighted by Crippen LogP contribution is 2.16. The number of H-pyrrole nitrogens is 2. The maximum absolute atomic E-state index is 12.0. The molecule has 0 unspecified atom stereocenters. The van der Waals surface area contributed by atoms with Gasteiger partial charge >= 0.3 is 11.7 Å². The average Bonchev–Trinajstić information content (AvgIpc) is 2.46. The van der Waals surface area contributed by atoms with Crippen LogP contribution in [-0.4, -0.2) is 28.5 Å². The molecule has 1 amide bonds. The van der Waals surface area contributed by atoms with Gasteiger partial charge in [-0.05, 0) is 19.1 Å². The summed E-state index contributed by atoms with van der Waals surface area (Å²) in [5.41, 5.74) is -0.592. The third-order valence-corrected chi connectivity index (χ3v) is 2.86. The van der Waals surface area contributed by atoms with Gasteiger partial charge in [-0.15, -0.1) is 0 Å². The number of ether oxygens (including phenoxy) is 1. The monoisotopic (exact) mass is 317 g/mol. The molecule has 8 heteroatoms. The molecule has 1 aromatic carbocycles. The van der Waals surface area contributed by atoms with Crippen molar-refractivity contribution >= 4 is 17.6 Å². The van der Waals surface area contributed by atoms with E-state index >= 15 is 0 Å². The van der Waals surface area contributed by atoms with Crippen molar-refractivity contribution in [1.82, 2.24) is 9.97 Å². The third kappa shape index (κ3) is 4.40. The fraction of sp³-hybridized carbons (Fsp3) is 0.200. The van der Waals surface area contributed by atoms with Crippen molar-refractivity contribution in [3.05, 3.63) is 62.4 Å². The summed E-state index contributed by atoms with van der Waals surface area (Å²) >= 11 is 0. The molecule has 0 bridgehead atoms. The Kier molecular flexibility index (Phi) is 5.08. The average molecular weight is 317 g/mol. The van der Waals surface area contributed by atoms with Crippen LogP contribution in [-0.2, 0) is 16.0 Å². The van der Waals surface area contributed by atoms with Crippen LogP contribution < -0.4 is 16.6 Å². The second-order valence-electron chi connectivity index (χ2n) is 4.60. The maximum atomic E-state index is 12.0. The Bertz CT molecular complexity index is 809. The summed E-state index contributed by atoms with van der Waals surface area (Å²) in [5, 5.41) is 2.56. The minimum atomic E-state index is -0.688. The van der Waals surface area contributed by atoms with Crippen molar-refractivity contribution in [1.29, 1.82) is 0 Å². The Balaban J connectivity index is 2.16. The zero-order chi connectivity index (χ0) is 16.8. The van der Waals surface area contributed by atoms with Crippen LogP contribution in [0.4, 0.5) is 5.69 Å². The number of nitrogens with one attached hydrogen (secondary N) is 3. The number of aromatic amines is 2. The summed E-state index contributed by atoms with van der Waals surface area (Å²) < 4.78 is 4.92. The lowest BCUT2D eigenvalue weighted by Crippen LogP contribution is -2.25. The van der Waals surface area contributed by atoms with Gasteiger partial charge in [0.05, 0.1) is 24.3 Å². The standard InChI is InChI=1S/C15H15N3O5/c1-2-23-14(21)10-5-3-4-6-11(10)17-12(19)7-9-8-13(20)18-15(22)16-9/h3-6,8H,2,7H2,1H3,(H,17,19)(H2,16,18,20,22). The van der Waals surface area contributed by atoms with Crippen LogP contribution in [0.2, 0.25) is 0 Å². The summed E-state index contributed by atoms with van der Waals surface area (Å²) in [6.45, 7) is 1.90. The number of carbonyl (C=O) groups is 2. The molecule has 0 fully saturated rings. The first kappa shape index (κ1) is 16.2. The number of hydrogen-bond acceptors (Lipinski definition) is 5. The number of carbonyl (C=O) groups excluding carboxylic acids is 2. The van der Waals surface area contributed by atoms with Crippen LogP contribution in [0.25, 0.3) is 0 Å². The van der Waals surface area contributed by atoms with Crippen LogP contribution in [0.5, 0.6) is 0 Å². The smallest absolute Gasteiger partial charge is 0.340 e. The molecule has 0 saturated heterocycles. The molecule has 0 spiro atoms. The number of anilines is 1. The molecule has 0 aliphatic carbocycles.